The summed E-state index contributed by atoms with van der Waals surface area (Å²) in [7, 11) is 0. The number of hydrogen-bond acceptors (Lipinski definition) is 3. The van der Waals surface area contributed by atoms with Crippen LogP contribution in [0.2, 0.25) is 0 Å². The van der Waals surface area contributed by atoms with Crippen LogP contribution < -0.4 is 5.43 Å². The number of hydrogen-bond donors (Lipinski definition) is 1. The van der Waals surface area contributed by atoms with Crippen LogP contribution in [-0.2, 0) is 0 Å². The molecule has 4 heteroatoms. The maximum Gasteiger partial charge on any atom is 0.335 e. The fourth-order valence-corrected chi connectivity index (χ4v) is 2.90. The number of carboxylic acids is 1. The minimum absolute atomic E-state index is 0.0817. The first-order chi connectivity index (χ1) is 11.3. The largest absolute Gasteiger partial charge is 0.478 e. The standard InChI is InChI=1S/C20H20O4/c1-10(2)13-8-14(11(3)4)19-16(9-13)18(21)15-7-12(20(22)23)5-6-17(15)24-19/h5-11H,1-4H3,(H,22,23). The van der Waals surface area contributed by atoms with Gasteiger partial charge in [-0.25, -0.2) is 4.79 Å². The van der Waals surface area contributed by atoms with Gasteiger partial charge in [-0.2, -0.15) is 0 Å². The molecule has 1 N–H and O–H groups in total. The molecule has 0 saturated heterocycles. The normalized spacial score (nSPS) is 11.8. The Bertz CT molecular complexity index is 1010. The average Bonchev–Trinajstić information content (AvgIpc) is 2.53. The molecule has 0 aliphatic rings. The van der Waals surface area contributed by atoms with Gasteiger partial charge in [0.15, 0.2) is 0 Å². The fraction of sp³-hybridized carbons (Fsp3) is 0.300. The van der Waals surface area contributed by atoms with Crippen LogP contribution in [-0.4, -0.2) is 11.1 Å². The lowest BCUT2D eigenvalue weighted by Gasteiger charge is -2.14. The summed E-state index contributed by atoms with van der Waals surface area (Å²) in [6.45, 7) is 8.29. The van der Waals surface area contributed by atoms with Crippen molar-refractivity contribution in [2.45, 2.75) is 39.5 Å². The maximum atomic E-state index is 13.0. The van der Waals surface area contributed by atoms with Gasteiger partial charge in [0.25, 0.3) is 0 Å². The Kier molecular flexibility index (Phi) is 3.91. The van der Waals surface area contributed by atoms with Crippen LogP contribution in [0.3, 0.4) is 0 Å². The molecule has 0 aliphatic carbocycles. The first-order valence-corrected chi connectivity index (χ1v) is 8.07. The highest BCUT2D eigenvalue weighted by Crippen LogP contribution is 2.31. The molecule has 1 heterocycles. The molecular weight excluding hydrogens is 304 g/mol. The summed E-state index contributed by atoms with van der Waals surface area (Å²) in [6.07, 6.45) is 0. The summed E-state index contributed by atoms with van der Waals surface area (Å²) in [5, 5.41) is 9.97. The van der Waals surface area contributed by atoms with Crippen molar-refractivity contribution in [3.63, 3.8) is 0 Å². The average molecular weight is 324 g/mol. The van der Waals surface area contributed by atoms with E-state index in [0.29, 0.717) is 21.9 Å². The van der Waals surface area contributed by atoms with E-state index in [1.54, 1.807) is 6.07 Å². The molecule has 1 aromatic heterocycles. The molecule has 0 unspecified atom stereocenters. The highest BCUT2D eigenvalue weighted by Gasteiger charge is 2.17. The third kappa shape index (κ3) is 2.58. The van der Waals surface area contributed by atoms with Gasteiger partial charge >= 0.3 is 5.97 Å². The lowest BCUT2D eigenvalue weighted by molar-refractivity contribution is 0.0697. The molecule has 3 rings (SSSR count). The molecule has 4 nitrogen and oxygen atoms in total. The van der Waals surface area contributed by atoms with Crippen molar-refractivity contribution in [3.8, 4) is 0 Å². The summed E-state index contributed by atoms with van der Waals surface area (Å²) >= 11 is 0. The second-order valence-electron chi connectivity index (χ2n) is 6.74. The SMILES string of the molecule is CC(C)c1cc(C(C)C)c2oc3ccc(C(=O)O)cc3c(=O)c2c1. The molecular formula is C20H20O4. The molecule has 0 fully saturated rings. The molecule has 124 valence electrons. The van der Waals surface area contributed by atoms with Crippen molar-refractivity contribution in [1.29, 1.82) is 0 Å². The quantitative estimate of drug-likeness (QED) is 0.696. The Morgan fingerprint density at radius 1 is 1.00 bits per heavy atom. The van der Waals surface area contributed by atoms with Gasteiger partial charge < -0.3 is 9.52 Å². The zero-order valence-corrected chi connectivity index (χ0v) is 14.2. The molecule has 0 spiro atoms. The second kappa shape index (κ2) is 5.78. The summed E-state index contributed by atoms with van der Waals surface area (Å²) in [6, 6.07) is 8.36. The van der Waals surface area contributed by atoms with Crippen molar-refractivity contribution in [2.75, 3.05) is 0 Å². The summed E-state index contributed by atoms with van der Waals surface area (Å²) in [4.78, 5) is 24.1. The molecule has 0 aliphatic heterocycles. The molecule has 24 heavy (non-hydrogen) atoms. The molecule has 0 bridgehead atoms. The first-order valence-electron chi connectivity index (χ1n) is 8.07. The summed E-state index contributed by atoms with van der Waals surface area (Å²) in [5.41, 5.74) is 2.98. The second-order valence-corrected chi connectivity index (χ2v) is 6.74. The first kappa shape index (κ1) is 16.2. The van der Waals surface area contributed by atoms with E-state index < -0.39 is 5.97 Å². The number of aromatic carboxylic acids is 1. The van der Waals surface area contributed by atoms with E-state index in [2.05, 4.69) is 33.8 Å². The van der Waals surface area contributed by atoms with Crippen molar-refractivity contribution < 1.29 is 14.3 Å². The molecule has 0 saturated carbocycles. The van der Waals surface area contributed by atoms with Gasteiger partial charge in [-0.15, -0.1) is 0 Å². The van der Waals surface area contributed by atoms with Crippen LogP contribution in [0.15, 0.2) is 39.5 Å². The predicted molar refractivity (Wildman–Crippen MR) is 95.1 cm³/mol. The minimum Gasteiger partial charge on any atom is -0.478 e. The van der Waals surface area contributed by atoms with Crippen LogP contribution in [0, 0.1) is 0 Å². The van der Waals surface area contributed by atoms with Gasteiger partial charge in [0.1, 0.15) is 11.2 Å². The van der Waals surface area contributed by atoms with Crippen LogP contribution in [0.25, 0.3) is 21.9 Å². The highest BCUT2D eigenvalue weighted by molar-refractivity contribution is 5.96. The number of benzene rings is 2. The zero-order valence-electron chi connectivity index (χ0n) is 14.2. The molecule has 0 amide bonds. The van der Waals surface area contributed by atoms with Crippen molar-refractivity contribution in [2.24, 2.45) is 0 Å². The van der Waals surface area contributed by atoms with Gasteiger partial charge in [-0.3, -0.25) is 4.79 Å². The van der Waals surface area contributed by atoms with E-state index >= 15 is 0 Å². The monoisotopic (exact) mass is 324 g/mol. The topological polar surface area (TPSA) is 67.5 Å². The zero-order chi connectivity index (χ0) is 17.6. The number of carbonyl (C=O) groups is 1. The molecule has 2 aromatic carbocycles. The van der Waals surface area contributed by atoms with Gasteiger partial charge in [0.05, 0.1) is 16.3 Å². The van der Waals surface area contributed by atoms with Crippen molar-refractivity contribution >= 4 is 27.9 Å². The van der Waals surface area contributed by atoms with Crippen LogP contribution in [0.1, 0.15) is 61.0 Å². The number of fused-ring (bicyclic) bond motifs is 2. The van der Waals surface area contributed by atoms with Gasteiger partial charge in [0.2, 0.25) is 5.43 Å². The predicted octanol–water partition coefficient (Wildman–Crippen LogP) is 4.89. The number of carboxylic acid groups (broad SMARTS) is 1. The van der Waals surface area contributed by atoms with Crippen LogP contribution in [0.4, 0.5) is 0 Å². The van der Waals surface area contributed by atoms with Crippen molar-refractivity contribution in [1.82, 2.24) is 0 Å². The Balaban J connectivity index is 2.47. The molecule has 0 atom stereocenters. The van der Waals surface area contributed by atoms with Crippen molar-refractivity contribution in [3.05, 3.63) is 57.2 Å². The molecule has 3 aromatic rings. The van der Waals surface area contributed by atoms with E-state index in [1.165, 1.54) is 12.1 Å². The summed E-state index contributed by atoms with van der Waals surface area (Å²) in [5.74, 6) is -0.562. The van der Waals surface area contributed by atoms with E-state index in [4.69, 9.17) is 9.52 Å². The fourth-order valence-electron chi connectivity index (χ4n) is 2.90. The van der Waals surface area contributed by atoms with Crippen LogP contribution in [0.5, 0.6) is 0 Å². The van der Waals surface area contributed by atoms with E-state index in [0.717, 1.165) is 11.1 Å². The Hall–Kier alpha value is -2.62. The van der Waals surface area contributed by atoms with Crippen LogP contribution >= 0.6 is 0 Å². The summed E-state index contributed by atoms with van der Waals surface area (Å²) < 4.78 is 6.00. The lowest BCUT2D eigenvalue weighted by atomic mass is 9.92. The van der Waals surface area contributed by atoms with E-state index in [-0.39, 0.29) is 22.8 Å². The highest BCUT2D eigenvalue weighted by atomic mass is 16.4. The lowest BCUT2D eigenvalue weighted by Crippen LogP contribution is -2.07. The third-order valence-electron chi connectivity index (χ3n) is 4.36. The number of rotatable bonds is 3. The van der Waals surface area contributed by atoms with E-state index in [1.807, 2.05) is 6.07 Å². The third-order valence-corrected chi connectivity index (χ3v) is 4.36. The molecule has 0 radical (unpaired) electrons. The Morgan fingerprint density at radius 3 is 2.29 bits per heavy atom. The Morgan fingerprint density at radius 2 is 1.71 bits per heavy atom. The van der Waals surface area contributed by atoms with E-state index in [9.17, 15) is 9.59 Å². The smallest absolute Gasteiger partial charge is 0.335 e. The minimum atomic E-state index is -1.06. The van der Waals surface area contributed by atoms with Gasteiger partial charge in [0, 0.05) is 0 Å². The van der Waals surface area contributed by atoms with Gasteiger partial charge in [-0.1, -0.05) is 33.8 Å². The Labute approximate surface area is 139 Å². The maximum absolute atomic E-state index is 13.0. The van der Waals surface area contributed by atoms with Gasteiger partial charge in [-0.05, 0) is 47.2 Å².